The van der Waals surface area contributed by atoms with Crippen LogP contribution in [0, 0.1) is 5.92 Å². The van der Waals surface area contributed by atoms with Crippen LogP contribution in [-0.4, -0.2) is 21.6 Å². The predicted octanol–water partition coefficient (Wildman–Crippen LogP) is 2.54. The van der Waals surface area contributed by atoms with Gasteiger partial charge in [-0.1, -0.05) is 60.7 Å². The number of hydrogen-bond acceptors (Lipinski definition) is 5. The summed E-state index contributed by atoms with van der Waals surface area (Å²) in [5.41, 5.74) is 3.07. The first-order chi connectivity index (χ1) is 15.1. The molecule has 1 aromatic heterocycles. The molecule has 1 aliphatic carbocycles. The van der Waals surface area contributed by atoms with Crippen molar-refractivity contribution < 1.29 is 9.63 Å². The first kappa shape index (κ1) is 20.7. The van der Waals surface area contributed by atoms with Gasteiger partial charge < -0.3 is 0 Å². The van der Waals surface area contributed by atoms with Crippen molar-refractivity contribution in [3.63, 3.8) is 0 Å². The summed E-state index contributed by atoms with van der Waals surface area (Å²) in [6.45, 7) is 1.06. The van der Waals surface area contributed by atoms with Crippen molar-refractivity contribution in [2.75, 3.05) is 6.54 Å². The molecular weight excluding hydrogens is 394 g/mol. The molecule has 0 saturated carbocycles. The fourth-order valence-corrected chi connectivity index (χ4v) is 3.63. The summed E-state index contributed by atoms with van der Waals surface area (Å²) in [6, 6.07) is 19.2. The standard InChI is InChI=1S/C24H23N3O4/c28-22-13-14-26(24(30)27(22)23(29)20-9-5-2-6-10-20)21-12-11-19(15-21)16-25-31-17-18-7-3-1-4-8-18/h1-14,19,21,25H,15-17H2/t19-,21+/m1/s1. The lowest BCUT2D eigenvalue weighted by atomic mass is 10.1. The van der Waals surface area contributed by atoms with Crippen LogP contribution < -0.4 is 16.7 Å². The van der Waals surface area contributed by atoms with Crippen LogP contribution in [0.5, 0.6) is 0 Å². The minimum Gasteiger partial charge on any atom is -0.297 e. The van der Waals surface area contributed by atoms with Gasteiger partial charge in [0.15, 0.2) is 0 Å². The van der Waals surface area contributed by atoms with Crippen LogP contribution >= 0.6 is 0 Å². The summed E-state index contributed by atoms with van der Waals surface area (Å²) < 4.78 is 2.13. The van der Waals surface area contributed by atoms with Gasteiger partial charge in [0.05, 0.1) is 12.6 Å². The van der Waals surface area contributed by atoms with Gasteiger partial charge in [-0.05, 0) is 30.0 Å². The van der Waals surface area contributed by atoms with Crippen molar-refractivity contribution in [3.8, 4) is 0 Å². The Labute approximate surface area is 179 Å². The van der Waals surface area contributed by atoms with Gasteiger partial charge in [-0.3, -0.25) is 19.0 Å². The molecule has 31 heavy (non-hydrogen) atoms. The van der Waals surface area contributed by atoms with Crippen molar-refractivity contribution in [1.29, 1.82) is 0 Å². The number of allylic oxidation sites excluding steroid dienone is 1. The lowest BCUT2D eigenvalue weighted by Crippen LogP contribution is -2.43. The average Bonchev–Trinajstić information content (AvgIpc) is 3.26. The second-order valence-electron chi connectivity index (χ2n) is 7.42. The van der Waals surface area contributed by atoms with Crippen LogP contribution in [0.1, 0.15) is 28.4 Å². The molecule has 2 aromatic carbocycles. The molecule has 158 valence electrons. The predicted molar refractivity (Wildman–Crippen MR) is 117 cm³/mol. The van der Waals surface area contributed by atoms with Crippen LogP contribution in [-0.2, 0) is 11.4 Å². The summed E-state index contributed by atoms with van der Waals surface area (Å²) >= 11 is 0. The highest BCUT2D eigenvalue weighted by atomic mass is 16.6. The molecule has 0 bridgehead atoms. The van der Waals surface area contributed by atoms with E-state index in [2.05, 4.69) is 5.48 Å². The SMILES string of the molecule is O=C(c1ccccc1)n1c(=O)ccn([C@H]2C=C[C@@H](CNOCc3ccccc3)C2)c1=O. The van der Waals surface area contributed by atoms with Crippen molar-refractivity contribution in [2.24, 2.45) is 5.92 Å². The molecule has 2 atom stereocenters. The highest BCUT2D eigenvalue weighted by molar-refractivity contribution is 5.95. The minimum atomic E-state index is -0.635. The van der Waals surface area contributed by atoms with Gasteiger partial charge in [0, 0.05) is 24.4 Å². The topological polar surface area (TPSA) is 82.3 Å². The number of nitrogens with one attached hydrogen (secondary N) is 1. The second-order valence-corrected chi connectivity index (χ2v) is 7.42. The van der Waals surface area contributed by atoms with E-state index in [-0.39, 0.29) is 12.0 Å². The number of carbonyl (C=O) groups is 1. The normalized spacial score (nSPS) is 17.7. The van der Waals surface area contributed by atoms with E-state index in [1.54, 1.807) is 30.3 Å². The largest absolute Gasteiger partial charge is 0.338 e. The molecule has 3 aromatic rings. The number of hydroxylamine groups is 1. The van der Waals surface area contributed by atoms with E-state index < -0.39 is 17.2 Å². The Bertz CT molecular complexity index is 1180. The van der Waals surface area contributed by atoms with Gasteiger partial charge in [-0.15, -0.1) is 0 Å². The molecular formula is C24H23N3O4. The van der Waals surface area contributed by atoms with E-state index in [0.29, 0.717) is 29.7 Å². The molecule has 0 radical (unpaired) electrons. The van der Waals surface area contributed by atoms with Crippen LogP contribution in [0.3, 0.4) is 0 Å². The number of carbonyl (C=O) groups excluding carboxylic acids is 1. The smallest absolute Gasteiger partial charge is 0.297 e. The zero-order valence-electron chi connectivity index (χ0n) is 16.9. The highest BCUT2D eigenvalue weighted by Gasteiger charge is 2.23. The first-order valence-corrected chi connectivity index (χ1v) is 10.1. The van der Waals surface area contributed by atoms with Crippen LogP contribution in [0.2, 0.25) is 0 Å². The Kier molecular flexibility index (Phi) is 6.35. The maximum atomic E-state index is 12.9. The number of rotatable bonds is 7. The van der Waals surface area contributed by atoms with Gasteiger partial charge in [-0.2, -0.15) is 4.57 Å². The van der Waals surface area contributed by atoms with Gasteiger partial charge in [-0.25, -0.2) is 10.3 Å². The maximum absolute atomic E-state index is 12.9. The summed E-state index contributed by atoms with van der Waals surface area (Å²) in [5.74, 6) is -0.461. The number of hydrogen-bond donors (Lipinski definition) is 1. The fourth-order valence-electron chi connectivity index (χ4n) is 3.63. The number of aromatic nitrogens is 2. The zero-order valence-corrected chi connectivity index (χ0v) is 16.9. The molecule has 0 saturated heterocycles. The van der Waals surface area contributed by atoms with Crippen LogP contribution in [0.25, 0.3) is 0 Å². The van der Waals surface area contributed by atoms with Gasteiger partial charge in [0.25, 0.3) is 11.5 Å². The van der Waals surface area contributed by atoms with Crippen LogP contribution in [0.4, 0.5) is 0 Å². The summed E-state index contributed by atoms with van der Waals surface area (Å²) in [7, 11) is 0. The summed E-state index contributed by atoms with van der Waals surface area (Å²) in [5, 5.41) is 0. The van der Waals surface area contributed by atoms with Crippen molar-refractivity contribution >= 4 is 5.91 Å². The molecule has 7 heteroatoms. The van der Waals surface area contributed by atoms with Gasteiger partial charge in [0.1, 0.15) is 0 Å². The third-order valence-electron chi connectivity index (χ3n) is 5.27. The van der Waals surface area contributed by atoms with Gasteiger partial charge >= 0.3 is 5.69 Å². The van der Waals surface area contributed by atoms with Gasteiger partial charge in [0.2, 0.25) is 0 Å². The molecule has 0 amide bonds. The first-order valence-electron chi connectivity index (χ1n) is 10.1. The van der Waals surface area contributed by atoms with Crippen molar-refractivity contribution in [3.05, 3.63) is 117 Å². The monoisotopic (exact) mass is 417 g/mol. The van der Waals surface area contributed by atoms with E-state index in [0.717, 1.165) is 5.56 Å². The Hall–Kier alpha value is -3.55. The summed E-state index contributed by atoms with van der Waals surface area (Å²) in [6.07, 6.45) is 6.06. The minimum absolute atomic E-state index is 0.165. The zero-order chi connectivity index (χ0) is 21.6. The molecule has 1 aliphatic rings. The maximum Gasteiger partial charge on any atom is 0.338 e. The highest BCUT2D eigenvalue weighted by Crippen LogP contribution is 2.26. The molecule has 1 heterocycles. The Morgan fingerprint density at radius 1 is 0.968 bits per heavy atom. The molecule has 7 nitrogen and oxygen atoms in total. The quantitative estimate of drug-likeness (QED) is 0.363. The average molecular weight is 417 g/mol. The van der Waals surface area contributed by atoms with Crippen molar-refractivity contribution in [2.45, 2.75) is 19.1 Å². The molecule has 1 N–H and O–H groups in total. The lowest BCUT2D eigenvalue weighted by molar-refractivity contribution is 0.0223. The van der Waals surface area contributed by atoms with E-state index in [1.807, 2.05) is 42.5 Å². The molecule has 0 spiro atoms. The molecule has 0 aliphatic heterocycles. The van der Waals surface area contributed by atoms with E-state index in [9.17, 15) is 14.4 Å². The second kappa shape index (κ2) is 9.51. The van der Waals surface area contributed by atoms with E-state index in [4.69, 9.17) is 4.84 Å². The lowest BCUT2D eigenvalue weighted by Gasteiger charge is -2.16. The van der Waals surface area contributed by atoms with Crippen molar-refractivity contribution in [1.82, 2.24) is 14.6 Å². The third kappa shape index (κ3) is 4.79. The Morgan fingerprint density at radius 2 is 1.68 bits per heavy atom. The number of nitrogens with zero attached hydrogens (tertiary/aromatic N) is 2. The molecule has 0 unspecified atom stereocenters. The molecule has 0 fully saturated rings. The fraction of sp³-hybridized carbons (Fsp3) is 0.208. The van der Waals surface area contributed by atoms with E-state index in [1.165, 1.54) is 16.8 Å². The Morgan fingerprint density at radius 3 is 2.42 bits per heavy atom. The summed E-state index contributed by atoms with van der Waals surface area (Å²) in [4.78, 5) is 43.4. The Balaban J connectivity index is 1.40. The third-order valence-corrected chi connectivity index (χ3v) is 5.27. The number of benzene rings is 2. The molecule has 4 rings (SSSR count). The van der Waals surface area contributed by atoms with E-state index >= 15 is 0 Å². The van der Waals surface area contributed by atoms with Crippen LogP contribution in [0.15, 0.2) is 94.7 Å².